The number of imide groups is 2. The Morgan fingerprint density at radius 2 is 0.882 bits per heavy atom. The van der Waals surface area contributed by atoms with Gasteiger partial charge in [-0.3, -0.25) is 29.0 Å². The Labute approximate surface area is 197 Å². The molecule has 0 aliphatic carbocycles. The molecule has 34 heavy (non-hydrogen) atoms. The fourth-order valence-corrected chi connectivity index (χ4v) is 4.98. The number of nitrogens with zero attached hydrogens (tertiary/aromatic N) is 2. The molecule has 9 nitrogen and oxygen atoms in total. The monoisotopic (exact) mass is 483 g/mol. The second-order valence-electron chi connectivity index (χ2n) is 9.38. The maximum Gasteiger partial charge on any atom is 0.697 e. The largest absolute Gasteiger partial charge is 0.697 e. The Morgan fingerprint density at radius 3 is 1.15 bits per heavy atom. The van der Waals surface area contributed by atoms with Crippen LogP contribution in [0.25, 0.3) is 0 Å². The van der Waals surface area contributed by atoms with Gasteiger partial charge in [-0.15, -0.1) is 9.05 Å². The van der Waals surface area contributed by atoms with Crippen LogP contribution in [0.1, 0.15) is 69.1 Å². The standard InChI is InChI=1S/C24H24N2O7P/c1-23(2,25-19(27)15-9-5-6-10-16(15)20(25)28)13-32-34(31)33-14-24(3,4)26-21(29)17-11-7-8-12-18(17)22(26)30/h5-12H,13-14H2,1-4H3/q+1. The molecule has 10 heteroatoms. The molecule has 0 unspecified atom stereocenters. The fourth-order valence-electron chi connectivity index (χ4n) is 4.07. The average Bonchev–Trinajstić information content (AvgIpc) is 3.22. The van der Waals surface area contributed by atoms with Gasteiger partial charge in [0, 0.05) is 4.57 Å². The molecule has 0 atom stereocenters. The van der Waals surface area contributed by atoms with Crippen molar-refractivity contribution < 1.29 is 32.8 Å². The van der Waals surface area contributed by atoms with E-state index >= 15 is 0 Å². The van der Waals surface area contributed by atoms with E-state index in [1.54, 1.807) is 76.2 Å². The molecule has 0 saturated carbocycles. The summed E-state index contributed by atoms with van der Waals surface area (Å²) in [4.78, 5) is 53.1. The zero-order valence-electron chi connectivity index (χ0n) is 19.2. The smallest absolute Gasteiger partial charge is 0.269 e. The van der Waals surface area contributed by atoms with Crippen molar-refractivity contribution in [1.82, 2.24) is 9.80 Å². The third-order valence-corrected chi connectivity index (χ3v) is 6.52. The predicted molar refractivity (Wildman–Crippen MR) is 122 cm³/mol. The molecule has 2 aromatic carbocycles. The molecule has 0 saturated heterocycles. The number of hydrogen-bond donors (Lipinski definition) is 0. The first-order valence-electron chi connectivity index (χ1n) is 10.6. The van der Waals surface area contributed by atoms with E-state index in [0.29, 0.717) is 22.3 Å². The highest BCUT2D eigenvalue weighted by Crippen LogP contribution is 2.35. The van der Waals surface area contributed by atoms with Crippen LogP contribution in [0.3, 0.4) is 0 Å². The molecule has 0 fully saturated rings. The van der Waals surface area contributed by atoms with Gasteiger partial charge in [-0.25, -0.2) is 0 Å². The molecular formula is C24H24N2O7P+. The maximum atomic E-state index is 12.7. The highest BCUT2D eigenvalue weighted by Gasteiger charge is 2.47. The molecule has 0 radical (unpaired) electrons. The minimum atomic E-state index is -2.66. The SMILES string of the molecule is CC(C)(CO[P+](=O)OCC(C)(C)N1C(=O)c2ccccc2C1=O)N1C(=O)c2ccccc2C1=O. The quantitative estimate of drug-likeness (QED) is 0.415. The summed E-state index contributed by atoms with van der Waals surface area (Å²) in [6.45, 7) is 6.03. The molecule has 0 bridgehead atoms. The minimum absolute atomic E-state index is 0.235. The molecule has 0 spiro atoms. The van der Waals surface area contributed by atoms with E-state index in [-0.39, 0.29) is 13.2 Å². The number of carbonyl (C=O) groups excluding carboxylic acids is 4. The molecule has 2 heterocycles. The summed E-state index contributed by atoms with van der Waals surface area (Å²) in [5, 5.41) is 0. The molecule has 0 N–H and O–H groups in total. The number of rotatable bonds is 8. The Hall–Kier alpha value is -3.26. The van der Waals surface area contributed by atoms with Crippen molar-refractivity contribution in [1.29, 1.82) is 0 Å². The van der Waals surface area contributed by atoms with Gasteiger partial charge in [0.25, 0.3) is 23.6 Å². The Morgan fingerprint density at radius 1 is 0.618 bits per heavy atom. The van der Waals surface area contributed by atoms with Crippen molar-refractivity contribution in [3.8, 4) is 0 Å². The maximum absolute atomic E-state index is 12.7. The summed E-state index contributed by atoms with van der Waals surface area (Å²) < 4.78 is 23.1. The lowest BCUT2D eigenvalue weighted by Crippen LogP contribution is -2.50. The van der Waals surface area contributed by atoms with Gasteiger partial charge >= 0.3 is 8.25 Å². The van der Waals surface area contributed by atoms with Crippen LogP contribution in [0.2, 0.25) is 0 Å². The van der Waals surface area contributed by atoms with Crippen LogP contribution >= 0.6 is 8.25 Å². The number of benzene rings is 2. The van der Waals surface area contributed by atoms with Gasteiger partial charge in [0.05, 0.1) is 33.3 Å². The van der Waals surface area contributed by atoms with Crippen LogP contribution < -0.4 is 0 Å². The molecule has 2 aliphatic rings. The van der Waals surface area contributed by atoms with Crippen molar-refractivity contribution in [2.45, 2.75) is 38.8 Å². The second kappa shape index (κ2) is 8.51. The summed E-state index contributed by atoms with van der Waals surface area (Å²) in [5.41, 5.74) is -0.959. The third-order valence-electron chi connectivity index (χ3n) is 5.85. The van der Waals surface area contributed by atoms with Crippen LogP contribution in [0.4, 0.5) is 0 Å². The van der Waals surface area contributed by atoms with Gasteiger partial charge in [0.1, 0.15) is 13.2 Å². The van der Waals surface area contributed by atoms with Crippen LogP contribution in [-0.4, -0.2) is 57.7 Å². The van der Waals surface area contributed by atoms with E-state index in [0.717, 1.165) is 9.80 Å². The van der Waals surface area contributed by atoms with E-state index in [4.69, 9.17) is 9.05 Å². The van der Waals surface area contributed by atoms with E-state index < -0.39 is 43.0 Å². The zero-order valence-corrected chi connectivity index (χ0v) is 20.1. The second-order valence-corrected chi connectivity index (χ2v) is 10.3. The van der Waals surface area contributed by atoms with Gasteiger partial charge in [-0.2, -0.15) is 0 Å². The third kappa shape index (κ3) is 3.96. The number of carbonyl (C=O) groups is 4. The highest BCUT2D eigenvalue weighted by molar-refractivity contribution is 7.33. The summed E-state index contributed by atoms with van der Waals surface area (Å²) >= 11 is 0. The van der Waals surface area contributed by atoms with Gasteiger partial charge in [0.15, 0.2) is 0 Å². The lowest BCUT2D eigenvalue weighted by atomic mass is 10.0. The normalized spacial score (nSPS) is 15.8. The first-order chi connectivity index (χ1) is 16.0. The first kappa shape index (κ1) is 23.9. The number of hydrogen-bond acceptors (Lipinski definition) is 7. The van der Waals surface area contributed by atoms with Crippen LogP contribution in [0.5, 0.6) is 0 Å². The Kier molecular flexibility index (Phi) is 5.97. The Balaban J connectivity index is 1.36. The van der Waals surface area contributed by atoms with Crippen LogP contribution in [0, 0.1) is 0 Å². The van der Waals surface area contributed by atoms with Gasteiger partial charge in [-0.05, 0) is 52.0 Å². The lowest BCUT2D eigenvalue weighted by Gasteiger charge is -2.32. The molecule has 176 valence electrons. The first-order valence-corrected chi connectivity index (χ1v) is 11.7. The zero-order chi connectivity index (χ0) is 24.8. The van der Waals surface area contributed by atoms with E-state index in [9.17, 15) is 23.7 Å². The number of amides is 4. The summed E-state index contributed by atoms with van der Waals surface area (Å²) in [6, 6.07) is 13.0. The highest BCUT2D eigenvalue weighted by atomic mass is 31.1. The van der Waals surface area contributed by atoms with E-state index in [1.165, 1.54) is 0 Å². The van der Waals surface area contributed by atoms with Gasteiger partial charge in [0.2, 0.25) is 0 Å². The lowest BCUT2D eigenvalue weighted by molar-refractivity contribution is 0.0321. The molecule has 4 rings (SSSR count). The predicted octanol–water partition coefficient (Wildman–Crippen LogP) is 3.83. The summed E-state index contributed by atoms with van der Waals surface area (Å²) in [5.74, 6) is -1.79. The summed E-state index contributed by atoms with van der Waals surface area (Å²) in [6.07, 6.45) is 0. The molecule has 0 aromatic heterocycles. The minimum Gasteiger partial charge on any atom is -0.269 e. The van der Waals surface area contributed by atoms with Crippen LogP contribution in [-0.2, 0) is 13.6 Å². The molecular weight excluding hydrogens is 459 g/mol. The fraction of sp³-hybridized carbons (Fsp3) is 0.333. The van der Waals surface area contributed by atoms with Gasteiger partial charge in [-0.1, -0.05) is 24.3 Å². The molecule has 4 amide bonds. The molecule has 2 aromatic rings. The average molecular weight is 483 g/mol. The number of fused-ring (bicyclic) bond motifs is 2. The van der Waals surface area contributed by atoms with Crippen LogP contribution in [0.15, 0.2) is 48.5 Å². The van der Waals surface area contributed by atoms with Gasteiger partial charge < -0.3 is 0 Å². The molecule has 2 aliphatic heterocycles. The van der Waals surface area contributed by atoms with Crippen molar-refractivity contribution in [3.63, 3.8) is 0 Å². The van der Waals surface area contributed by atoms with Crippen molar-refractivity contribution in [2.24, 2.45) is 0 Å². The van der Waals surface area contributed by atoms with Crippen molar-refractivity contribution in [2.75, 3.05) is 13.2 Å². The summed E-state index contributed by atoms with van der Waals surface area (Å²) in [7, 11) is -2.66. The van der Waals surface area contributed by atoms with E-state index in [2.05, 4.69) is 0 Å². The topological polar surface area (TPSA) is 110 Å². The van der Waals surface area contributed by atoms with Crippen molar-refractivity contribution >= 4 is 31.9 Å². The van der Waals surface area contributed by atoms with E-state index in [1.807, 2.05) is 0 Å². The Bertz CT molecular complexity index is 1070. The van der Waals surface area contributed by atoms with Crippen molar-refractivity contribution in [3.05, 3.63) is 70.8 Å².